The average molecular weight is 344 g/mol. The molecule has 1 aromatic carbocycles. The van der Waals surface area contributed by atoms with Crippen LogP contribution in [0.3, 0.4) is 0 Å². The average Bonchev–Trinajstić information content (AvgIpc) is 3.18. The van der Waals surface area contributed by atoms with Gasteiger partial charge in [0.1, 0.15) is 5.60 Å². The third-order valence-electron chi connectivity index (χ3n) is 3.92. The van der Waals surface area contributed by atoms with Gasteiger partial charge in [-0.3, -0.25) is 4.68 Å². The Kier molecular flexibility index (Phi) is 4.55. The largest absolute Gasteiger partial charge is 0.383 e. The molecule has 2 amide bonds. The van der Waals surface area contributed by atoms with Crippen LogP contribution in [0.15, 0.2) is 42.0 Å². The molecule has 0 aliphatic rings. The van der Waals surface area contributed by atoms with Gasteiger partial charge in [-0.25, -0.2) is 4.79 Å². The number of carbonyl (C=O) groups is 1. The highest BCUT2D eigenvalue weighted by Crippen LogP contribution is 2.25. The molecule has 0 saturated heterocycles. The Labute approximate surface area is 144 Å². The van der Waals surface area contributed by atoms with E-state index in [0.29, 0.717) is 12.1 Å². The third-order valence-corrected chi connectivity index (χ3v) is 4.93. The molecule has 126 valence electrons. The summed E-state index contributed by atoms with van der Waals surface area (Å²) in [6.07, 6.45) is 3.33. The van der Waals surface area contributed by atoms with E-state index >= 15 is 0 Å². The first kappa shape index (κ1) is 16.5. The summed E-state index contributed by atoms with van der Waals surface area (Å²) in [4.78, 5) is 12.0. The summed E-state index contributed by atoms with van der Waals surface area (Å²) in [7, 11) is 1.78. The number of rotatable bonds is 5. The number of aryl methyl sites for hydroxylation is 1. The molecule has 0 aliphatic heterocycles. The second kappa shape index (κ2) is 6.62. The summed E-state index contributed by atoms with van der Waals surface area (Å²) in [6, 6.07) is 7.80. The Morgan fingerprint density at radius 2 is 2.17 bits per heavy atom. The van der Waals surface area contributed by atoms with Gasteiger partial charge in [0.05, 0.1) is 12.7 Å². The molecule has 0 spiro atoms. The standard InChI is InChI=1S/C17H20N4O2S/c1-17(23,13-8-20-21(2)9-13)11-19-16(22)18-7-12-10-24-15-6-4-3-5-14(12)15/h3-6,8-10,23H,7,11H2,1-2H3,(H2,18,19,22)/t17-/m1/s1. The van der Waals surface area contributed by atoms with E-state index in [-0.39, 0.29) is 12.6 Å². The zero-order valence-electron chi connectivity index (χ0n) is 13.6. The molecule has 0 bridgehead atoms. The van der Waals surface area contributed by atoms with Gasteiger partial charge in [-0.2, -0.15) is 5.10 Å². The molecule has 1 atom stereocenters. The number of amides is 2. The normalized spacial score (nSPS) is 13.6. The monoisotopic (exact) mass is 344 g/mol. The van der Waals surface area contributed by atoms with Crippen molar-refractivity contribution >= 4 is 27.5 Å². The molecule has 0 radical (unpaired) electrons. The lowest BCUT2D eigenvalue weighted by Gasteiger charge is -2.22. The molecular formula is C17H20N4O2S. The van der Waals surface area contributed by atoms with Gasteiger partial charge in [0.2, 0.25) is 0 Å². The number of carbonyl (C=O) groups excluding carboxylic acids is 1. The van der Waals surface area contributed by atoms with Crippen molar-refractivity contribution in [3.05, 3.63) is 53.2 Å². The summed E-state index contributed by atoms with van der Waals surface area (Å²) >= 11 is 1.66. The van der Waals surface area contributed by atoms with Crippen LogP contribution in [0.25, 0.3) is 10.1 Å². The first-order chi connectivity index (χ1) is 11.5. The molecular weight excluding hydrogens is 324 g/mol. The molecule has 3 aromatic rings. The van der Waals surface area contributed by atoms with Crippen molar-refractivity contribution in [2.75, 3.05) is 6.54 Å². The number of hydrogen-bond acceptors (Lipinski definition) is 4. The van der Waals surface area contributed by atoms with E-state index in [4.69, 9.17) is 0 Å². The smallest absolute Gasteiger partial charge is 0.315 e. The van der Waals surface area contributed by atoms with E-state index < -0.39 is 5.60 Å². The summed E-state index contributed by atoms with van der Waals surface area (Å²) in [5, 5.41) is 23.2. The van der Waals surface area contributed by atoms with Crippen LogP contribution in [-0.4, -0.2) is 27.5 Å². The van der Waals surface area contributed by atoms with E-state index in [1.54, 1.807) is 42.4 Å². The number of fused-ring (bicyclic) bond motifs is 1. The molecule has 0 fully saturated rings. The van der Waals surface area contributed by atoms with Gasteiger partial charge >= 0.3 is 6.03 Å². The SMILES string of the molecule is Cn1cc([C@](C)(O)CNC(=O)NCc2csc3ccccc23)cn1. The highest BCUT2D eigenvalue weighted by Gasteiger charge is 2.25. The minimum Gasteiger partial charge on any atom is -0.383 e. The summed E-state index contributed by atoms with van der Waals surface area (Å²) in [5.41, 5.74) is 0.583. The number of urea groups is 1. The summed E-state index contributed by atoms with van der Waals surface area (Å²) < 4.78 is 2.82. The lowest BCUT2D eigenvalue weighted by atomic mass is 10.00. The van der Waals surface area contributed by atoms with Crippen LogP contribution in [0.2, 0.25) is 0 Å². The number of benzene rings is 1. The second-order valence-corrected chi connectivity index (χ2v) is 6.88. The zero-order valence-corrected chi connectivity index (χ0v) is 14.4. The topological polar surface area (TPSA) is 79.2 Å². The Hall–Kier alpha value is -2.38. The number of thiophene rings is 1. The van der Waals surface area contributed by atoms with Crippen LogP contribution in [0.4, 0.5) is 4.79 Å². The van der Waals surface area contributed by atoms with Gasteiger partial charge in [-0.05, 0) is 29.3 Å². The third kappa shape index (κ3) is 3.58. The number of aliphatic hydroxyl groups is 1. The van der Waals surface area contributed by atoms with E-state index in [1.807, 2.05) is 18.2 Å². The number of aromatic nitrogens is 2. The van der Waals surface area contributed by atoms with Gasteiger partial charge in [-0.15, -0.1) is 11.3 Å². The highest BCUT2D eigenvalue weighted by molar-refractivity contribution is 7.17. The summed E-state index contributed by atoms with van der Waals surface area (Å²) in [6.45, 7) is 2.20. The van der Waals surface area contributed by atoms with Crippen molar-refractivity contribution < 1.29 is 9.90 Å². The predicted molar refractivity (Wildman–Crippen MR) is 94.8 cm³/mol. The molecule has 3 rings (SSSR count). The maximum absolute atomic E-state index is 12.0. The lowest BCUT2D eigenvalue weighted by molar-refractivity contribution is 0.0593. The molecule has 3 N–H and O–H groups in total. The zero-order chi connectivity index (χ0) is 17.2. The van der Waals surface area contributed by atoms with Crippen molar-refractivity contribution in [2.45, 2.75) is 19.1 Å². The van der Waals surface area contributed by atoms with E-state index in [2.05, 4.69) is 27.2 Å². The number of nitrogens with zero attached hydrogens (tertiary/aromatic N) is 2. The molecule has 2 aromatic heterocycles. The Balaban J connectivity index is 1.54. The van der Waals surface area contributed by atoms with Gasteiger partial charge in [0.25, 0.3) is 0 Å². The fourth-order valence-corrected chi connectivity index (χ4v) is 3.42. The van der Waals surface area contributed by atoms with Crippen LogP contribution < -0.4 is 10.6 Å². The number of hydrogen-bond donors (Lipinski definition) is 3. The maximum Gasteiger partial charge on any atom is 0.315 e. The first-order valence-corrected chi connectivity index (χ1v) is 8.52. The molecule has 0 unspecified atom stereocenters. The van der Waals surface area contributed by atoms with Crippen molar-refractivity contribution in [2.24, 2.45) is 7.05 Å². The lowest BCUT2D eigenvalue weighted by Crippen LogP contribution is -2.43. The molecule has 2 heterocycles. The second-order valence-electron chi connectivity index (χ2n) is 5.97. The number of nitrogens with one attached hydrogen (secondary N) is 2. The Morgan fingerprint density at radius 1 is 1.38 bits per heavy atom. The van der Waals surface area contributed by atoms with Crippen molar-refractivity contribution in [1.82, 2.24) is 20.4 Å². The van der Waals surface area contributed by atoms with E-state index in [1.165, 1.54) is 4.70 Å². The van der Waals surface area contributed by atoms with Crippen LogP contribution in [0.5, 0.6) is 0 Å². The van der Waals surface area contributed by atoms with Crippen LogP contribution in [0.1, 0.15) is 18.1 Å². The van der Waals surface area contributed by atoms with E-state index in [0.717, 1.165) is 10.9 Å². The highest BCUT2D eigenvalue weighted by atomic mass is 32.1. The van der Waals surface area contributed by atoms with Gasteiger partial charge < -0.3 is 15.7 Å². The minimum atomic E-state index is -1.17. The van der Waals surface area contributed by atoms with Crippen molar-refractivity contribution in [3.8, 4) is 0 Å². The molecule has 7 heteroatoms. The fourth-order valence-electron chi connectivity index (χ4n) is 2.46. The fraction of sp³-hybridized carbons (Fsp3) is 0.294. The van der Waals surface area contributed by atoms with Gasteiger partial charge in [-0.1, -0.05) is 18.2 Å². The predicted octanol–water partition coefficient (Wildman–Crippen LogP) is 2.34. The summed E-state index contributed by atoms with van der Waals surface area (Å²) in [5.74, 6) is 0. The molecule has 0 saturated carbocycles. The molecule has 6 nitrogen and oxygen atoms in total. The van der Waals surface area contributed by atoms with Crippen LogP contribution >= 0.6 is 11.3 Å². The molecule has 24 heavy (non-hydrogen) atoms. The Bertz CT molecular complexity index is 853. The maximum atomic E-state index is 12.0. The van der Waals surface area contributed by atoms with E-state index in [9.17, 15) is 9.90 Å². The Morgan fingerprint density at radius 3 is 2.92 bits per heavy atom. The van der Waals surface area contributed by atoms with Crippen molar-refractivity contribution in [3.63, 3.8) is 0 Å². The first-order valence-electron chi connectivity index (χ1n) is 7.64. The van der Waals surface area contributed by atoms with Crippen molar-refractivity contribution in [1.29, 1.82) is 0 Å². The quantitative estimate of drug-likeness (QED) is 0.665. The molecule has 0 aliphatic carbocycles. The van der Waals surface area contributed by atoms with Crippen LogP contribution in [-0.2, 0) is 19.2 Å². The minimum absolute atomic E-state index is 0.106. The van der Waals surface area contributed by atoms with Crippen LogP contribution in [0, 0.1) is 0 Å². The van der Waals surface area contributed by atoms with Gasteiger partial charge in [0.15, 0.2) is 0 Å². The van der Waals surface area contributed by atoms with Gasteiger partial charge in [0, 0.05) is 30.1 Å².